The van der Waals surface area contributed by atoms with Gasteiger partial charge in [-0.3, -0.25) is 4.79 Å². The number of pyridine rings is 1. The molecule has 2 aromatic heterocycles. The van der Waals surface area contributed by atoms with E-state index in [1.54, 1.807) is 54.9 Å². The fraction of sp³-hybridized carbons (Fsp3) is 0.222. The van der Waals surface area contributed by atoms with E-state index in [1.807, 2.05) is 20.8 Å². The van der Waals surface area contributed by atoms with Crippen molar-refractivity contribution in [1.82, 2.24) is 14.8 Å². The molecular formula is C27H24F3N5O. The Bertz CT molecular complexity index is 1450. The van der Waals surface area contributed by atoms with Crippen molar-refractivity contribution in [3.63, 3.8) is 0 Å². The normalized spacial score (nSPS) is 13.4. The van der Waals surface area contributed by atoms with Crippen LogP contribution in [-0.2, 0) is 18.1 Å². The predicted octanol–water partition coefficient (Wildman–Crippen LogP) is 6.49. The molecule has 1 aliphatic rings. The first-order chi connectivity index (χ1) is 17.0. The summed E-state index contributed by atoms with van der Waals surface area (Å²) in [7, 11) is 0. The van der Waals surface area contributed by atoms with Crippen molar-refractivity contribution in [2.75, 3.05) is 10.2 Å². The third-order valence-electron chi connectivity index (χ3n) is 6.07. The van der Waals surface area contributed by atoms with Crippen LogP contribution in [0.5, 0.6) is 0 Å². The molecule has 3 heterocycles. The number of para-hydroxylation sites is 2. The Labute approximate surface area is 206 Å². The summed E-state index contributed by atoms with van der Waals surface area (Å²) in [5, 5.41) is 7.64. The molecule has 0 aliphatic carbocycles. The number of hydrogen-bond donors (Lipinski definition) is 1. The lowest BCUT2D eigenvalue weighted by molar-refractivity contribution is -0.137. The second kappa shape index (κ2) is 8.51. The third kappa shape index (κ3) is 4.32. The van der Waals surface area contributed by atoms with Crippen LogP contribution >= 0.6 is 0 Å². The molecule has 0 bridgehead atoms. The summed E-state index contributed by atoms with van der Waals surface area (Å²) >= 11 is 0. The van der Waals surface area contributed by atoms with Gasteiger partial charge in [0.25, 0.3) is 5.91 Å². The number of rotatable bonds is 2. The summed E-state index contributed by atoms with van der Waals surface area (Å²) in [6.07, 6.45) is -1.50. The van der Waals surface area contributed by atoms with Crippen LogP contribution in [0.3, 0.4) is 0 Å². The van der Waals surface area contributed by atoms with Crippen molar-refractivity contribution in [2.45, 2.75) is 38.9 Å². The van der Waals surface area contributed by atoms with E-state index in [0.29, 0.717) is 22.8 Å². The Balaban J connectivity index is 1.60. The minimum atomic E-state index is -4.75. The lowest BCUT2D eigenvalue weighted by Gasteiger charge is -2.24. The lowest BCUT2D eigenvalue weighted by Crippen LogP contribution is -2.32. The molecule has 1 amide bonds. The average Bonchev–Trinajstić information content (AvgIpc) is 3.27. The van der Waals surface area contributed by atoms with Crippen LogP contribution in [0.15, 0.2) is 73.1 Å². The number of alkyl halides is 3. The number of fused-ring (bicyclic) bond motifs is 2. The van der Waals surface area contributed by atoms with Crippen molar-refractivity contribution in [3.8, 4) is 5.69 Å². The Morgan fingerprint density at radius 1 is 1.00 bits per heavy atom. The topological polar surface area (TPSA) is 63.1 Å². The Hall–Kier alpha value is -4.14. The van der Waals surface area contributed by atoms with Crippen LogP contribution in [-0.4, -0.2) is 20.7 Å². The summed E-state index contributed by atoms with van der Waals surface area (Å²) in [5.74, 6) is -0.198. The maximum atomic E-state index is 14.3. The van der Waals surface area contributed by atoms with E-state index < -0.39 is 23.2 Å². The molecule has 0 saturated heterocycles. The Morgan fingerprint density at radius 3 is 2.50 bits per heavy atom. The SMILES string of the molecule is CC(C)(C)c1ccn(-c2ccc(C(=O)N3Cc4cccnc4Nc4ccccc43)c(C(F)(F)F)c2)n1. The van der Waals surface area contributed by atoms with E-state index >= 15 is 0 Å². The first-order valence-electron chi connectivity index (χ1n) is 11.4. The fourth-order valence-corrected chi connectivity index (χ4v) is 4.17. The van der Waals surface area contributed by atoms with Gasteiger partial charge in [-0.1, -0.05) is 39.0 Å². The number of nitrogens with zero attached hydrogens (tertiary/aromatic N) is 4. The van der Waals surface area contributed by atoms with E-state index in [2.05, 4.69) is 15.4 Å². The summed E-state index contributed by atoms with van der Waals surface area (Å²) in [5.41, 5.74) is 1.01. The Kier molecular flexibility index (Phi) is 5.58. The number of nitrogens with one attached hydrogen (secondary N) is 1. The third-order valence-corrected chi connectivity index (χ3v) is 6.07. The molecule has 184 valence electrons. The molecule has 5 rings (SSSR count). The first kappa shape index (κ1) is 23.6. The van der Waals surface area contributed by atoms with E-state index in [-0.39, 0.29) is 17.6 Å². The molecule has 4 aromatic rings. The van der Waals surface area contributed by atoms with Gasteiger partial charge in [-0.05, 0) is 42.5 Å². The van der Waals surface area contributed by atoms with Gasteiger partial charge in [-0.15, -0.1) is 0 Å². The molecule has 36 heavy (non-hydrogen) atoms. The molecule has 0 fully saturated rings. The highest BCUT2D eigenvalue weighted by molar-refractivity contribution is 6.09. The van der Waals surface area contributed by atoms with Gasteiger partial charge in [-0.2, -0.15) is 18.3 Å². The largest absolute Gasteiger partial charge is 0.417 e. The van der Waals surface area contributed by atoms with Crippen molar-refractivity contribution in [1.29, 1.82) is 0 Å². The quantitative estimate of drug-likeness (QED) is 0.348. The van der Waals surface area contributed by atoms with Crippen molar-refractivity contribution in [3.05, 3.63) is 95.4 Å². The van der Waals surface area contributed by atoms with Gasteiger partial charge in [0.05, 0.1) is 40.4 Å². The second-order valence-corrected chi connectivity index (χ2v) is 9.67. The molecule has 0 unspecified atom stereocenters. The van der Waals surface area contributed by atoms with Crippen LogP contribution in [0.25, 0.3) is 5.69 Å². The number of aromatic nitrogens is 3. The molecule has 0 spiro atoms. The van der Waals surface area contributed by atoms with Crippen LogP contribution in [0, 0.1) is 0 Å². The summed E-state index contributed by atoms with van der Waals surface area (Å²) in [6, 6.07) is 16.0. The van der Waals surface area contributed by atoms with Crippen LogP contribution in [0.4, 0.5) is 30.4 Å². The number of carbonyl (C=O) groups excluding carboxylic acids is 1. The zero-order valence-electron chi connectivity index (χ0n) is 20.0. The van der Waals surface area contributed by atoms with Crippen LogP contribution < -0.4 is 10.2 Å². The summed E-state index contributed by atoms with van der Waals surface area (Å²) in [4.78, 5) is 19.4. The zero-order chi connectivity index (χ0) is 25.7. The molecule has 1 N–H and O–H groups in total. The van der Waals surface area contributed by atoms with Crippen molar-refractivity contribution >= 4 is 23.1 Å². The van der Waals surface area contributed by atoms with Crippen molar-refractivity contribution in [2.24, 2.45) is 0 Å². The maximum absolute atomic E-state index is 14.3. The molecule has 1 aliphatic heterocycles. The summed E-state index contributed by atoms with van der Waals surface area (Å²) < 4.78 is 44.2. The van der Waals surface area contributed by atoms with Gasteiger partial charge in [0, 0.05) is 23.4 Å². The van der Waals surface area contributed by atoms with Gasteiger partial charge >= 0.3 is 6.18 Å². The number of hydrogen-bond acceptors (Lipinski definition) is 4. The molecule has 6 nitrogen and oxygen atoms in total. The van der Waals surface area contributed by atoms with Gasteiger partial charge < -0.3 is 10.2 Å². The lowest BCUT2D eigenvalue weighted by atomic mass is 9.93. The standard InChI is InChI=1S/C27H24F3N5O/c1-26(2,3)23-12-14-35(33-23)18-10-11-19(20(15-18)27(28,29)30)25(36)34-16-17-7-6-13-31-24(17)32-21-8-4-5-9-22(21)34/h4-15H,16H2,1-3H3,(H,31,32). The van der Waals surface area contributed by atoms with Crippen LogP contribution in [0.2, 0.25) is 0 Å². The first-order valence-corrected chi connectivity index (χ1v) is 11.4. The molecule has 9 heteroatoms. The predicted molar refractivity (Wildman–Crippen MR) is 132 cm³/mol. The van der Waals surface area contributed by atoms with Crippen molar-refractivity contribution < 1.29 is 18.0 Å². The number of amides is 1. The second-order valence-electron chi connectivity index (χ2n) is 9.67. The molecule has 0 atom stereocenters. The van der Waals surface area contributed by atoms with Gasteiger partial charge in [-0.25, -0.2) is 9.67 Å². The molecule has 0 radical (unpaired) electrons. The maximum Gasteiger partial charge on any atom is 0.417 e. The monoisotopic (exact) mass is 491 g/mol. The number of benzene rings is 2. The number of halogens is 3. The average molecular weight is 492 g/mol. The van der Waals surface area contributed by atoms with E-state index in [1.165, 1.54) is 21.7 Å². The van der Waals surface area contributed by atoms with Gasteiger partial charge in [0.15, 0.2) is 0 Å². The highest BCUT2D eigenvalue weighted by Crippen LogP contribution is 2.38. The highest BCUT2D eigenvalue weighted by atomic mass is 19.4. The van der Waals surface area contributed by atoms with Gasteiger partial charge in [0.2, 0.25) is 0 Å². The fourth-order valence-electron chi connectivity index (χ4n) is 4.17. The van der Waals surface area contributed by atoms with E-state index in [0.717, 1.165) is 11.8 Å². The van der Waals surface area contributed by atoms with Crippen LogP contribution in [0.1, 0.15) is 48.0 Å². The smallest absolute Gasteiger partial charge is 0.338 e. The van der Waals surface area contributed by atoms with Gasteiger partial charge in [0.1, 0.15) is 5.82 Å². The highest BCUT2D eigenvalue weighted by Gasteiger charge is 2.38. The zero-order valence-corrected chi connectivity index (χ0v) is 20.0. The Morgan fingerprint density at radius 2 is 1.78 bits per heavy atom. The molecule has 0 saturated carbocycles. The minimum Gasteiger partial charge on any atom is -0.338 e. The number of anilines is 3. The molecule has 2 aromatic carbocycles. The minimum absolute atomic E-state index is 0.0686. The number of carbonyl (C=O) groups is 1. The van der Waals surface area contributed by atoms with E-state index in [4.69, 9.17) is 0 Å². The van der Waals surface area contributed by atoms with E-state index in [9.17, 15) is 18.0 Å². The molecular weight excluding hydrogens is 467 g/mol. The summed E-state index contributed by atoms with van der Waals surface area (Å²) in [6.45, 7) is 6.00.